The lowest BCUT2D eigenvalue weighted by Crippen LogP contribution is -2.52. The molecule has 0 N–H and O–H groups in total. The average molecular weight is 424 g/mol. The van der Waals surface area contributed by atoms with Crippen molar-refractivity contribution in [2.75, 3.05) is 6.54 Å². The van der Waals surface area contributed by atoms with E-state index in [1.807, 2.05) is 0 Å². The lowest BCUT2D eigenvalue weighted by atomic mass is 10.0. The van der Waals surface area contributed by atoms with Crippen molar-refractivity contribution < 1.29 is 24.0 Å². The van der Waals surface area contributed by atoms with E-state index in [1.165, 1.54) is 24.3 Å². The van der Waals surface area contributed by atoms with Crippen LogP contribution in [0.25, 0.3) is 0 Å². The number of nitrogens with zero attached hydrogens (tertiary/aromatic N) is 2. The number of hydrogen-bond donors (Lipinski definition) is 0. The van der Waals surface area contributed by atoms with Crippen molar-refractivity contribution in [3.63, 3.8) is 0 Å². The molecule has 0 radical (unpaired) electrons. The zero-order chi connectivity index (χ0) is 22.4. The van der Waals surface area contributed by atoms with Crippen LogP contribution in [0.3, 0.4) is 0 Å². The first-order chi connectivity index (χ1) is 15.5. The van der Waals surface area contributed by atoms with Gasteiger partial charge in [-0.2, -0.15) is 0 Å². The number of rotatable bonds is 5. The predicted molar refractivity (Wildman–Crippen MR) is 113 cm³/mol. The number of amides is 4. The molecule has 7 heteroatoms. The highest BCUT2D eigenvalue weighted by Crippen LogP contribution is 2.29. The van der Waals surface area contributed by atoms with Gasteiger partial charge in [0.1, 0.15) is 6.04 Å². The number of carbonyl (C=O) groups is 5. The highest BCUT2D eigenvalue weighted by atomic mass is 16.2. The maximum Gasteiger partial charge on any atom is 0.262 e. The Morgan fingerprint density at radius 3 is 1.47 bits per heavy atom. The van der Waals surface area contributed by atoms with E-state index in [1.54, 1.807) is 54.6 Å². The van der Waals surface area contributed by atoms with Crippen LogP contribution in [-0.4, -0.2) is 51.8 Å². The molecular weight excluding hydrogens is 408 g/mol. The van der Waals surface area contributed by atoms with Gasteiger partial charge in [0.25, 0.3) is 23.6 Å². The molecule has 0 bridgehead atoms. The quantitative estimate of drug-likeness (QED) is 0.464. The van der Waals surface area contributed by atoms with Crippen LogP contribution in [0.15, 0.2) is 78.9 Å². The first-order valence-electron chi connectivity index (χ1n) is 10.0. The van der Waals surface area contributed by atoms with Gasteiger partial charge in [0, 0.05) is 5.56 Å². The first-order valence-corrected chi connectivity index (χ1v) is 10.0. The van der Waals surface area contributed by atoms with E-state index in [-0.39, 0.29) is 27.8 Å². The predicted octanol–water partition coefficient (Wildman–Crippen LogP) is 2.83. The van der Waals surface area contributed by atoms with E-state index >= 15 is 0 Å². The maximum absolute atomic E-state index is 13.5. The van der Waals surface area contributed by atoms with Crippen molar-refractivity contribution in [2.24, 2.45) is 0 Å². The fourth-order valence-corrected chi connectivity index (χ4v) is 4.15. The van der Waals surface area contributed by atoms with Gasteiger partial charge in [-0.1, -0.05) is 54.6 Å². The molecule has 0 saturated carbocycles. The normalized spacial score (nSPS) is 15.8. The third-order valence-corrected chi connectivity index (χ3v) is 5.73. The minimum atomic E-state index is -1.35. The van der Waals surface area contributed by atoms with E-state index in [0.717, 1.165) is 9.80 Å². The average Bonchev–Trinajstić information content (AvgIpc) is 3.23. The molecule has 156 valence electrons. The van der Waals surface area contributed by atoms with Crippen molar-refractivity contribution in [3.05, 3.63) is 107 Å². The summed E-state index contributed by atoms with van der Waals surface area (Å²) in [5.41, 5.74) is 1.10. The Hall–Kier alpha value is -4.39. The van der Waals surface area contributed by atoms with E-state index < -0.39 is 42.0 Å². The third-order valence-electron chi connectivity index (χ3n) is 5.73. The number of carbonyl (C=O) groups excluding carboxylic acids is 5. The van der Waals surface area contributed by atoms with E-state index in [2.05, 4.69) is 0 Å². The van der Waals surface area contributed by atoms with Crippen molar-refractivity contribution >= 4 is 29.4 Å². The largest absolute Gasteiger partial charge is 0.292 e. The van der Waals surface area contributed by atoms with Crippen molar-refractivity contribution in [2.45, 2.75) is 6.04 Å². The molecule has 0 saturated heterocycles. The molecule has 1 atom stereocenters. The van der Waals surface area contributed by atoms with Crippen LogP contribution in [0.1, 0.15) is 51.8 Å². The Balaban J connectivity index is 1.56. The standard InChI is InChI=1S/C25H16N2O5/c28-21(15-8-2-1-3-9-15)20(27-24(31)18-12-6-7-13-19(18)25(27)32)14-26-22(29)16-10-4-5-11-17(16)23(26)30/h1-13,20H,14H2. The molecule has 2 heterocycles. The highest BCUT2D eigenvalue weighted by molar-refractivity contribution is 6.25. The Morgan fingerprint density at radius 2 is 1.00 bits per heavy atom. The van der Waals surface area contributed by atoms with E-state index in [4.69, 9.17) is 0 Å². The first kappa shape index (κ1) is 19.6. The van der Waals surface area contributed by atoms with Crippen LogP contribution >= 0.6 is 0 Å². The summed E-state index contributed by atoms with van der Waals surface area (Å²) in [7, 11) is 0. The summed E-state index contributed by atoms with van der Waals surface area (Å²) in [6.07, 6.45) is 0. The summed E-state index contributed by atoms with van der Waals surface area (Å²) in [5, 5.41) is 0. The lowest BCUT2D eigenvalue weighted by molar-refractivity contribution is 0.0453. The topological polar surface area (TPSA) is 91.8 Å². The molecule has 0 aliphatic carbocycles. The maximum atomic E-state index is 13.5. The van der Waals surface area contributed by atoms with Gasteiger partial charge in [-0.15, -0.1) is 0 Å². The number of ketones is 1. The summed E-state index contributed by atoms with van der Waals surface area (Å²) >= 11 is 0. The van der Waals surface area contributed by atoms with Crippen LogP contribution in [0.2, 0.25) is 0 Å². The summed E-state index contributed by atoms with van der Waals surface area (Å²) in [4.78, 5) is 67.3. The zero-order valence-electron chi connectivity index (χ0n) is 16.7. The van der Waals surface area contributed by atoms with Gasteiger partial charge < -0.3 is 0 Å². The zero-order valence-corrected chi connectivity index (χ0v) is 16.7. The van der Waals surface area contributed by atoms with Gasteiger partial charge in [-0.05, 0) is 24.3 Å². The Morgan fingerprint density at radius 1 is 0.594 bits per heavy atom. The van der Waals surface area contributed by atoms with Gasteiger partial charge in [0.2, 0.25) is 0 Å². The molecule has 2 aliphatic heterocycles. The summed E-state index contributed by atoms with van der Waals surface area (Å²) in [5.74, 6) is -2.91. The number of benzene rings is 3. The number of Topliss-reactive ketones (excluding diaryl/α,β-unsaturated/α-hetero) is 1. The molecule has 1 unspecified atom stereocenters. The van der Waals surface area contributed by atoms with Gasteiger partial charge in [0.05, 0.1) is 28.8 Å². The highest BCUT2D eigenvalue weighted by Gasteiger charge is 2.46. The fraction of sp³-hybridized carbons (Fsp3) is 0.0800. The van der Waals surface area contributed by atoms with Crippen LogP contribution in [-0.2, 0) is 0 Å². The second kappa shape index (κ2) is 7.39. The summed E-state index contributed by atoms with van der Waals surface area (Å²) < 4.78 is 0. The monoisotopic (exact) mass is 424 g/mol. The van der Waals surface area contributed by atoms with Gasteiger partial charge in [-0.25, -0.2) is 0 Å². The number of fused-ring (bicyclic) bond motifs is 2. The SMILES string of the molecule is O=C(c1ccccc1)C(CN1C(=O)c2ccccc2C1=O)N1C(=O)c2ccccc2C1=O. The molecule has 3 aromatic rings. The van der Waals surface area contributed by atoms with Crippen LogP contribution in [0.5, 0.6) is 0 Å². The van der Waals surface area contributed by atoms with Gasteiger partial charge in [-0.3, -0.25) is 33.8 Å². The molecule has 5 rings (SSSR count). The van der Waals surface area contributed by atoms with Gasteiger partial charge in [0.15, 0.2) is 5.78 Å². The molecule has 7 nitrogen and oxygen atoms in total. The van der Waals surface area contributed by atoms with E-state index in [0.29, 0.717) is 0 Å². The third kappa shape index (κ3) is 2.86. The van der Waals surface area contributed by atoms with E-state index in [9.17, 15) is 24.0 Å². The van der Waals surface area contributed by atoms with Gasteiger partial charge >= 0.3 is 0 Å². The second-order valence-corrected chi connectivity index (χ2v) is 7.54. The van der Waals surface area contributed by atoms with Crippen LogP contribution < -0.4 is 0 Å². The molecule has 32 heavy (non-hydrogen) atoms. The van der Waals surface area contributed by atoms with Crippen molar-refractivity contribution in [1.29, 1.82) is 0 Å². The summed E-state index contributed by atoms with van der Waals surface area (Å²) in [6.45, 7) is -0.425. The number of imide groups is 2. The molecular formula is C25H16N2O5. The number of hydrogen-bond acceptors (Lipinski definition) is 5. The summed E-state index contributed by atoms with van der Waals surface area (Å²) in [6, 6.07) is 19.5. The Labute approximate surface area is 182 Å². The minimum absolute atomic E-state index is 0.186. The molecule has 0 aromatic heterocycles. The Bertz CT molecular complexity index is 1240. The minimum Gasteiger partial charge on any atom is -0.292 e. The lowest BCUT2D eigenvalue weighted by Gasteiger charge is -2.28. The second-order valence-electron chi connectivity index (χ2n) is 7.54. The van der Waals surface area contributed by atoms with Crippen molar-refractivity contribution in [3.8, 4) is 0 Å². The fourth-order valence-electron chi connectivity index (χ4n) is 4.15. The molecule has 4 amide bonds. The van der Waals surface area contributed by atoms with Crippen molar-refractivity contribution in [1.82, 2.24) is 9.80 Å². The molecule has 0 fully saturated rings. The van der Waals surface area contributed by atoms with Crippen LogP contribution in [0.4, 0.5) is 0 Å². The Kier molecular flexibility index (Phi) is 4.52. The van der Waals surface area contributed by atoms with Crippen LogP contribution in [0, 0.1) is 0 Å². The smallest absolute Gasteiger partial charge is 0.262 e. The molecule has 2 aliphatic rings. The molecule has 0 spiro atoms. The molecule has 3 aromatic carbocycles.